The molecule has 0 amide bonds. The highest BCUT2D eigenvalue weighted by atomic mass is 19.4. The Bertz CT molecular complexity index is 1140. The van der Waals surface area contributed by atoms with Crippen molar-refractivity contribution in [3.8, 4) is 5.75 Å². The van der Waals surface area contributed by atoms with Gasteiger partial charge in [-0.15, -0.1) is 0 Å². The van der Waals surface area contributed by atoms with Gasteiger partial charge in [0.25, 0.3) is 0 Å². The molecule has 4 nitrogen and oxygen atoms in total. The second-order valence-electron chi connectivity index (χ2n) is 10.5. The summed E-state index contributed by atoms with van der Waals surface area (Å²) in [6.45, 7) is 7.74. The first-order valence-electron chi connectivity index (χ1n) is 12.6. The lowest BCUT2D eigenvalue weighted by atomic mass is 9.83. The average molecular weight is 502 g/mol. The molecule has 2 aromatic carbocycles. The van der Waals surface area contributed by atoms with E-state index in [1.54, 1.807) is 19.9 Å². The van der Waals surface area contributed by atoms with Gasteiger partial charge in [-0.3, -0.25) is 4.79 Å². The van der Waals surface area contributed by atoms with E-state index in [9.17, 15) is 23.1 Å². The Morgan fingerprint density at radius 3 is 2.42 bits per heavy atom. The number of nitrogens with zero attached hydrogens (tertiary/aromatic N) is 1. The van der Waals surface area contributed by atoms with Crippen LogP contribution in [0.1, 0.15) is 68.7 Å². The minimum atomic E-state index is -4.40. The number of benzene rings is 2. The van der Waals surface area contributed by atoms with Gasteiger partial charge in [0, 0.05) is 25.1 Å². The van der Waals surface area contributed by atoms with Gasteiger partial charge < -0.3 is 14.7 Å². The SMILES string of the molecule is CCC1Cc2cc(C(F)(F)F)ccc2C(=C2CCN(CCC(C)(C)C(=O)O)CC2)c2ccccc2O1. The van der Waals surface area contributed by atoms with Crippen LogP contribution in [-0.2, 0) is 17.4 Å². The number of hydrogen-bond acceptors (Lipinski definition) is 3. The molecule has 0 saturated carbocycles. The molecule has 194 valence electrons. The van der Waals surface area contributed by atoms with E-state index in [-0.39, 0.29) is 6.10 Å². The molecule has 4 rings (SSSR count). The van der Waals surface area contributed by atoms with E-state index in [0.29, 0.717) is 31.4 Å². The lowest BCUT2D eigenvalue weighted by Crippen LogP contribution is -2.36. The third-order valence-corrected chi connectivity index (χ3v) is 7.50. The van der Waals surface area contributed by atoms with Gasteiger partial charge in [0.2, 0.25) is 0 Å². The number of likely N-dealkylation sites (tertiary alicyclic amines) is 1. The van der Waals surface area contributed by atoms with Gasteiger partial charge in [-0.05, 0) is 81.0 Å². The number of ether oxygens (including phenoxy) is 1. The van der Waals surface area contributed by atoms with Crippen LogP contribution in [0, 0.1) is 5.41 Å². The monoisotopic (exact) mass is 501 g/mol. The Labute approximate surface area is 210 Å². The number of aliphatic carboxylic acids is 1. The fourth-order valence-electron chi connectivity index (χ4n) is 5.02. The van der Waals surface area contributed by atoms with Crippen LogP contribution in [0.4, 0.5) is 13.2 Å². The molecule has 1 fully saturated rings. The maximum atomic E-state index is 13.6. The largest absolute Gasteiger partial charge is 0.489 e. The summed E-state index contributed by atoms with van der Waals surface area (Å²) in [7, 11) is 0. The number of hydrogen-bond donors (Lipinski definition) is 1. The van der Waals surface area contributed by atoms with Crippen molar-refractivity contribution in [2.45, 2.75) is 65.2 Å². The minimum Gasteiger partial charge on any atom is -0.489 e. The van der Waals surface area contributed by atoms with Crippen LogP contribution >= 0.6 is 0 Å². The van der Waals surface area contributed by atoms with Crippen LogP contribution < -0.4 is 4.74 Å². The lowest BCUT2D eigenvalue weighted by Gasteiger charge is -2.33. The van der Waals surface area contributed by atoms with Crippen molar-refractivity contribution in [3.63, 3.8) is 0 Å². The van der Waals surface area contributed by atoms with Crippen molar-refractivity contribution in [2.75, 3.05) is 19.6 Å². The first kappa shape index (κ1) is 26.3. The molecule has 0 aliphatic carbocycles. The fraction of sp³-hybridized carbons (Fsp3) is 0.483. The van der Waals surface area contributed by atoms with Crippen molar-refractivity contribution < 1.29 is 27.8 Å². The van der Waals surface area contributed by atoms with Crippen molar-refractivity contribution in [2.24, 2.45) is 5.41 Å². The summed E-state index contributed by atoms with van der Waals surface area (Å²) < 4.78 is 47.0. The quantitative estimate of drug-likeness (QED) is 0.489. The summed E-state index contributed by atoms with van der Waals surface area (Å²) >= 11 is 0. The molecule has 2 heterocycles. The Morgan fingerprint density at radius 1 is 1.08 bits per heavy atom. The Kier molecular flexibility index (Phi) is 7.51. The zero-order valence-electron chi connectivity index (χ0n) is 21.1. The topological polar surface area (TPSA) is 49.8 Å². The zero-order valence-corrected chi connectivity index (χ0v) is 21.1. The predicted octanol–water partition coefficient (Wildman–Crippen LogP) is 6.82. The van der Waals surface area contributed by atoms with E-state index in [4.69, 9.17) is 4.74 Å². The molecule has 0 radical (unpaired) electrons. The third-order valence-electron chi connectivity index (χ3n) is 7.50. The lowest BCUT2D eigenvalue weighted by molar-refractivity contribution is -0.147. The smallest absolute Gasteiger partial charge is 0.416 e. The molecule has 1 atom stereocenters. The molecule has 2 aliphatic rings. The molecule has 1 saturated heterocycles. The summed E-state index contributed by atoms with van der Waals surface area (Å²) in [4.78, 5) is 13.7. The van der Waals surface area contributed by atoms with Crippen LogP contribution in [0.25, 0.3) is 5.57 Å². The van der Waals surface area contributed by atoms with Gasteiger partial charge in [-0.1, -0.05) is 36.8 Å². The number of alkyl halides is 3. The molecule has 0 aromatic heterocycles. The third kappa shape index (κ3) is 5.61. The zero-order chi connectivity index (χ0) is 26.1. The van der Waals surface area contributed by atoms with E-state index in [2.05, 4.69) is 4.90 Å². The highest BCUT2D eigenvalue weighted by Gasteiger charge is 2.33. The van der Waals surface area contributed by atoms with Gasteiger partial charge in [-0.2, -0.15) is 13.2 Å². The minimum absolute atomic E-state index is 0.209. The van der Waals surface area contributed by atoms with E-state index in [0.717, 1.165) is 48.4 Å². The van der Waals surface area contributed by atoms with Crippen molar-refractivity contribution in [1.29, 1.82) is 0 Å². The summed E-state index contributed by atoms with van der Waals surface area (Å²) in [6, 6.07) is 11.9. The molecule has 2 aliphatic heterocycles. The maximum Gasteiger partial charge on any atom is 0.416 e. The molecule has 0 bridgehead atoms. The number of halogens is 3. The summed E-state index contributed by atoms with van der Waals surface area (Å²) in [5, 5.41) is 9.42. The average Bonchev–Trinajstić information content (AvgIpc) is 2.83. The fourth-order valence-corrected chi connectivity index (χ4v) is 5.02. The normalized spacial score (nSPS) is 19.1. The number of fused-ring (bicyclic) bond motifs is 2. The first-order valence-corrected chi connectivity index (χ1v) is 12.6. The first-order chi connectivity index (χ1) is 17.0. The second-order valence-corrected chi connectivity index (χ2v) is 10.5. The van der Waals surface area contributed by atoms with Crippen LogP contribution in [0.2, 0.25) is 0 Å². The highest BCUT2D eigenvalue weighted by molar-refractivity contribution is 5.87. The number of piperidine rings is 1. The highest BCUT2D eigenvalue weighted by Crippen LogP contribution is 2.42. The molecular weight excluding hydrogens is 467 g/mol. The molecule has 1 unspecified atom stereocenters. The second kappa shape index (κ2) is 10.3. The van der Waals surface area contributed by atoms with Crippen LogP contribution in [0.3, 0.4) is 0 Å². The Balaban J connectivity index is 1.72. The predicted molar refractivity (Wildman–Crippen MR) is 134 cm³/mol. The van der Waals surface area contributed by atoms with Crippen LogP contribution in [0.5, 0.6) is 5.75 Å². The van der Waals surface area contributed by atoms with Crippen molar-refractivity contribution >= 4 is 11.5 Å². The van der Waals surface area contributed by atoms with E-state index in [1.165, 1.54) is 17.7 Å². The molecule has 2 aromatic rings. The van der Waals surface area contributed by atoms with Gasteiger partial charge in [0.05, 0.1) is 11.0 Å². The summed E-state index contributed by atoms with van der Waals surface area (Å²) in [6.07, 6.45) is -1.40. The standard InChI is InChI=1S/C29H34F3NO3/c1-4-22-18-20-17-21(29(30,31)32)9-10-23(20)26(24-7-5-6-8-25(24)36-22)19-11-14-33(15-12-19)16-13-28(2,3)27(34)35/h5-10,17,22H,4,11-16,18H2,1-3H3,(H,34,35). The van der Waals surface area contributed by atoms with Crippen molar-refractivity contribution in [3.05, 3.63) is 70.3 Å². The molecule has 0 spiro atoms. The van der Waals surface area contributed by atoms with E-state index >= 15 is 0 Å². The number of rotatable bonds is 5. The number of carboxylic acids is 1. The number of para-hydroxylation sites is 1. The van der Waals surface area contributed by atoms with Gasteiger partial charge in [0.15, 0.2) is 0 Å². The van der Waals surface area contributed by atoms with Gasteiger partial charge in [-0.25, -0.2) is 0 Å². The van der Waals surface area contributed by atoms with Crippen LogP contribution in [0.15, 0.2) is 48.0 Å². The van der Waals surface area contributed by atoms with Crippen LogP contribution in [-0.4, -0.2) is 41.7 Å². The Hall–Kier alpha value is -2.80. The van der Waals surface area contributed by atoms with E-state index < -0.39 is 23.1 Å². The summed E-state index contributed by atoms with van der Waals surface area (Å²) in [5.41, 5.74) is 3.22. The molecule has 7 heteroatoms. The van der Waals surface area contributed by atoms with Crippen molar-refractivity contribution in [1.82, 2.24) is 4.90 Å². The Morgan fingerprint density at radius 2 is 1.78 bits per heavy atom. The molecule has 1 N–H and O–H groups in total. The van der Waals surface area contributed by atoms with Gasteiger partial charge in [0.1, 0.15) is 11.9 Å². The van der Waals surface area contributed by atoms with Gasteiger partial charge >= 0.3 is 12.1 Å². The number of carboxylic acid groups (broad SMARTS) is 1. The molecule has 36 heavy (non-hydrogen) atoms. The number of carbonyl (C=O) groups is 1. The molecular formula is C29H34F3NO3. The maximum absolute atomic E-state index is 13.6. The summed E-state index contributed by atoms with van der Waals surface area (Å²) in [5.74, 6) is -0.0308. The van der Waals surface area contributed by atoms with E-state index in [1.807, 2.05) is 31.2 Å².